The van der Waals surface area contributed by atoms with Crippen molar-refractivity contribution in [2.24, 2.45) is 0 Å². The second-order valence-corrected chi connectivity index (χ2v) is 8.61. The highest BCUT2D eigenvalue weighted by atomic mass is 79.9. The summed E-state index contributed by atoms with van der Waals surface area (Å²) in [7, 11) is 1.30. The van der Waals surface area contributed by atoms with Crippen molar-refractivity contribution in [3.05, 3.63) is 68.5 Å². The van der Waals surface area contributed by atoms with E-state index in [1.807, 2.05) is 25.1 Å². The van der Waals surface area contributed by atoms with Gasteiger partial charge in [0, 0.05) is 19.9 Å². The van der Waals surface area contributed by atoms with E-state index < -0.39 is 5.97 Å². The van der Waals surface area contributed by atoms with Gasteiger partial charge in [0.05, 0.1) is 7.11 Å². The zero-order valence-corrected chi connectivity index (χ0v) is 18.8. The van der Waals surface area contributed by atoms with E-state index in [1.165, 1.54) is 18.4 Å². The van der Waals surface area contributed by atoms with Crippen molar-refractivity contribution in [1.29, 1.82) is 0 Å². The number of amides is 1. The molecule has 0 spiro atoms. The summed E-state index contributed by atoms with van der Waals surface area (Å²) in [4.78, 5) is 25.8. The second kappa shape index (κ2) is 9.43. The number of carbonyl (C=O) groups excluding carboxylic acids is 2. The Labute approximate surface area is 185 Å². The van der Waals surface area contributed by atoms with Gasteiger partial charge >= 0.3 is 5.97 Å². The Morgan fingerprint density at radius 1 is 1.17 bits per heavy atom. The molecule has 0 aliphatic carbocycles. The lowest BCUT2D eigenvalue weighted by atomic mass is 10.0. The van der Waals surface area contributed by atoms with Gasteiger partial charge in [-0.3, -0.25) is 4.79 Å². The topological polar surface area (TPSA) is 64.6 Å². The first-order valence-electron chi connectivity index (χ1n) is 8.55. The molecule has 0 saturated carbocycles. The Morgan fingerprint density at radius 2 is 1.93 bits per heavy atom. The molecule has 0 aliphatic rings. The zero-order chi connectivity index (χ0) is 21.0. The van der Waals surface area contributed by atoms with Gasteiger partial charge in [-0.2, -0.15) is 0 Å². The van der Waals surface area contributed by atoms with Crippen LogP contribution in [0.1, 0.15) is 15.2 Å². The van der Waals surface area contributed by atoms with Gasteiger partial charge in [0.25, 0.3) is 5.91 Å². The van der Waals surface area contributed by atoms with E-state index in [9.17, 15) is 9.59 Å². The first kappa shape index (κ1) is 21.4. The molecule has 0 saturated heterocycles. The summed E-state index contributed by atoms with van der Waals surface area (Å²) in [6.45, 7) is 1.68. The maximum absolute atomic E-state index is 12.5. The van der Waals surface area contributed by atoms with Crippen molar-refractivity contribution in [2.75, 3.05) is 19.0 Å². The van der Waals surface area contributed by atoms with Crippen molar-refractivity contribution >= 4 is 55.7 Å². The summed E-state index contributed by atoms with van der Waals surface area (Å²) >= 11 is 10.8. The molecule has 1 N–H and O–H groups in total. The number of carbonyl (C=O) groups is 2. The molecular formula is C21H17BrClNO4S. The predicted molar refractivity (Wildman–Crippen MR) is 119 cm³/mol. The molecule has 2 aromatic carbocycles. The van der Waals surface area contributed by atoms with Crippen molar-refractivity contribution < 1.29 is 19.1 Å². The molecule has 1 heterocycles. The van der Waals surface area contributed by atoms with Crippen LogP contribution in [0.5, 0.6) is 5.75 Å². The Balaban J connectivity index is 1.86. The number of rotatable bonds is 6. The smallest absolute Gasteiger partial charge is 0.341 e. The molecule has 29 heavy (non-hydrogen) atoms. The summed E-state index contributed by atoms with van der Waals surface area (Å²) in [5, 5.41) is 3.73. The molecule has 1 aromatic heterocycles. The summed E-state index contributed by atoms with van der Waals surface area (Å²) in [6.07, 6.45) is 0. The van der Waals surface area contributed by atoms with E-state index in [-0.39, 0.29) is 12.5 Å². The molecule has 3 aromatic rings. The Bertz CT molecular complexity index is 1070. The normalized spacial score (nSPS) is 10.5. The molecule has 0 unspecified atom stereocenters. The lowest BCUT2D eigenvalue weighted by molar-refractivity contribution is -0.118. The van der Waals surface area contributed by atoms with Crippen molar-refractivity contribution in [3.8, 4) is 16.9 Å². The largest absolute Gasteiger partial charge is 0.484 e. The zero-order valence-electron chi connectivity index (χ0n) is 15.6. The average molecular weight is 495 g/mol. The highest BCUT2D eigenvalue weighted by Crippen LogP contribution is 2.40. The van der Waals surface area contributed by atoms with E-state index in [4.69, 9.17) is 21.1 Å². The lowest BCUT2D eigenvalue weighted by Crippen LogP contribution is -2.21. The fourth-order valence-corrected chi connectivity index (χ4v) is 4.44. The number of benzene rings is 2. The number of ether oxygens (including phenoxy) is 2. The van der Waals surface area contributed by atoms with Crippen LogP contribution in [0.2, 0.25) is 5.02 Å². The quantitative estimate of drug-likeness (QED) is 0.431. The van der Waals surface area contributed by atoms with Gasteiger partial charge in [0.1, 0.15) is 16.3 Å². The SMILES string of the molecule is COC(=O)c1c(NC(=O)COc2cccc(Br)c2)sc(C)c1-c1cccc(Cl)c1. The van der Waals surface area contributed by atoms with Crippen LogP contribution in [0.25, 0.3) is 11.1 Å². The molecule has 150 valence electrons. The van der Waals surface area contributed by atoms with E-state index in [2.05, 4.69) is 21.2 Å². The van der Waals surface area contributed by atoms with Crippen LogP contribution in [0, 0.1) is 6.92 Å². The maximum Gasteiger partial charge on any atom is 0.341 e. The van der Waals surface area contributed by atoms with E-state index in [0.717, 1.165) is 14.9 Å². The van der Waals surface area contributed by atoms with Gasteiger partial charge < -0.3 is 14.8 Å². The molecule has 5 nitrogen and oxygen atoms in total. The van der Waals surface area contributed by atoms with Crippen LogP contribution in [0.4, 0.5) is 5.00 Å². The van der Waals surface area contributed by atoms with Gasteiger partial charge in [-0.05, 0) is 42.8 Å². The van der Waals surface area contributed by atoms with E-state index >= 15 is 0 Å². The fraction of sp³-hybridized carbons (Fsp3) is 0.143. The first-order valence-corrected chi connectivity index (χ1v) is 10.5. The number of nitrogens with one attached hydrogen (secondary N) is 1. The molecule has 3 rings (SSSR count). The fourth-order valence-electron chi connectivity index (χ4n) is 2.79. The number of hydrogen-bond acceptors (Lipinski definition) is 5. The standard InChI is InChI=1S/C21H17BrClNO4S/c1-12-18(13-5-3-7-15(23)9-13)19(21(26)27-2)20(29-12)24-17(25)11-28-16-8-4-6-14(22)10-16/h3-10H,11H2,1-2H3,(H,24,25). The minimum atomic E-state index is -0.535. The third-order valence-electron chi connectivity index (χ3n) is 4.01. The Hall–Kier alpha value is -2.35. The average Bonchev–Trinajstić information content (AvgIpc) is 3.01. The van der Waals surface area contributed by atoms with Crippen molar-refractivity contribution in [1.82, 2.24) is 0 Å². The summed E-state index contributed by atoms with van der Waals surface area (Å²) in [5.41, 5.74) is 1.76. The number of thiophene rings is 1. The summed E-state index contributed by atoms with van der Waals surface area (Å²) in [6, 6.07) is 14.4. The molecular weight excluding hydrogens is 478 g/mol. The lowest BCUT2D eigenvalue weighted by Gasteiger charge is -2.09. The highest BCUT2D eigenvalue weighted by Gasteiger charge is 2.25. The molecule has 1 amide bonds. The molecule has 0 fully saturated rings. The maximum atomic E-state index is 12.5. The van der Waals surface area contributed by atoms with E-state index in [0.29, 0.717) is 26.9 Å². The molecule has 0 atom stereocenters. The summed E-state index contributed by atoms with van der Waals surface area (Å²) < 4.78 is 11.3. The Morgan fingerprint density at radius 3 is 2.62 bits per heavy atom. The molecule has 0 radical (unpaired) electrons. The number of aryl methyl sites for hydroxylation is 1. The first-order chi connectivity index (χ1) is 13.9. The van der Waals surface area contributed by atoms with Crippen LogP contribution in [-0.4, -0.2) is 25.6 Å². The summed E-state index contributed by atoms with van der Waals surface area (Å²) in [5.74, 6) is -0.355. The Kier molecular flexibility index (Phi) is 6.95. The van der Waals surface area contributed by atoms with Crippen LogP contribution < -0.4 is 10.1 Å². The number of anilines is 1. The number of hydrogen-bond donors (Lipinski definition) is 1. The monoisotopic (exact) mass is 493 g/mol. The van der Waals surface area contributed by atoms with Crippen molar-refractivity contribution in [3.63, 3.8) is 0 Å². The van der Waals surface area contributed by atoms with Crippen LogP contribution in [-0.2, 0) is 9.53 Å². The van der Waals surface area contributed by atoms with E-state index in [1.54, 1.807) is 30.3 Å². The van der Waals surface area contributed by atoms with Gasteiger partial charge in [-0.25, -0.2) is 4.79 Å². The van der Waals surface area contributed by atoms with Crippen LogP contribution in [0.3, 0.4) is 0 Å². The molecule has 0 aliphatic heterocycles. The van der Waals surface area contributed by atoms with Gasteiger partial charge in [0.2, 0.25) is 0 Å². The second-order valence-electron chi connectivity index (χ2n) is 6.03. The van der Waals surface area contributed by atoms with Gasteiger partial charge in [0.15, 0.2) is 6.61 Å². The number of methoxy groups -OCH3 is 1. The third-order valence-corrected chi connectivity index (χ3v) is 5.76. The van der Waals surface area contributed by atoms with Crippen LogP contribution in [0.15, 0.2) is 53.0 Å². The van der Waals surface area contributed by atoms with Crippen LogP contribution >= 0.6 is 38.9 Å². The minimum Gasteiger partial charge on any atom is -0.484 e. The third kappa shape index (κ3) is 5.18. The number of halogens is 2. The van der Waals surface area contributed by atoms with Gasteiger partial charge in [-0.15, -0.1) is 11.3 Å². The predicted octanol–water partition coefficient (Wildman–Crippen LogP) is 5.94. The molecule has 8 heteroatoms. The molecule has 0 bridgehead atoms. The van der Waals surface area contributed by atoms with Gasteiger partial charge in [-0.1, -0.05) is 45.7 Å². The highest BCUT2D eigenvalue weighted by molar-refractivity contribution is 9.10. The minimum absolute atomic E-state index is 0.194. The van der Waals surface area contributed by atoms with Crippen molar-refractivity contribution in [2.45, 2.75) is 6.92 Å². The number of esters is 1.